The van der Waals surface area contributed by atoms with Gasteiger partial charge in [0, 0.05) is 29.1 Å². The summed E-state index contributed by atoms with van der Waals surface area (Å²) in [5.41, 5.74) is 0.0347. The van der Waals surface area contributed by atoms with E-state index in [4.69, 9.17) is 4.42 Å². The molecule has 1 fully saturated rings. The van der Waals surface area contributed by atoms with Crippen molar-refractivity contribution in [2.45, 2.75) is 12.7 Å². The van der Waals surface area contributed by atoms with Crippen molar-refractivity contribution in [3.8, 4) is 5.75 Å². The molecule has 0 saturated carbocycles. The van der Waals surface area contributed by atoms with Gasteiger partial charge in [0.2, 0.25) is 0 Å². The first-order chi connectivity index (χ1) is 13.8. The zero-order valence-corrected chi connectivity index (χ0v) is 15.4. The Morgan fingerprint density at radius 2 is 1.90 bits per heavy atom. The lowest BCUT2D eigenvalue weighted by molar-refractivity contribution is -0.914. The van der Waals surface area contributed by atoms with Crippen LogP contribution in [0, 0.1) is 0 Å². The largest absolute Gasteiger partial charge is 0.508 e. The Kier molecular flexibility index (Phi) is 4.91. The number of halogens is 3. The SMILES string of the molecule is O=c1cc(C[NH+]2CCN(c3ccc(C(F)(F)F)c[nH+]3)CC2)c2ccc(O)cc2o1. The van der Waals surface area contributed by atoms with E-state index in [2.05, 4.69) is 4.98 Å². The normalized spacial score (nSPS) is 15.8. The maximum absolute atomic E-state index is 12.7. The second-order valence-electron chi connectivity index (χ2n) is 7.15. The summed E-state index contributed by atoms with van der Waals surface area (Å²) in [4.78, 5) is 17.8. The molecule has 0 unspecified atom stereocenters. The molecule has 0 aliphatic carbocycles. The van der Waals surface area contributed by atoms with Gasteiger partial charge in [-0.05, 0) is 18.2 Å². The summed E-state index contributed by atoms with van der Waals surface area (Å²) < 4.78 is 43.3. The minimum absolute atomic E-state index is 0.0338. The molecule has 1 aromatic carbocycles. The molecule has 29 heavy (non-hydrogen) atoms. The highest BCUT2D eigenvalue weighted by atomic mass is 19.4. The molecule has 0 spiro atoms. The zero-order valence-electron chi connectivity index (χ0n) is 15.4. The minimum atomic E-state index is -4.36. The molecule has 4 rings (SSSR count). The highest BCUT2D eigenvalue weighted by Crippen LogP contribution is 2.28. The molecular formula is C20H20F3N3O3+2. The number of anilines is 1. The zero-order chi connectivity index (χ0) is 20.6. The fraction of sp³-hybridized carbons (Fsp3) is 0.300. The Bertz CT molecular complexity index is 1070. The molecule has 1 saturated heterocycles. The maximum Gasteiger partial charge on any atom is 0.419 e. The van der Waals surface area contributed by atoms with Gasteiger partial charge in [-0.3, -0.25) is 4.90 Å². The van der Waals surface area contributed by atoms with Crippen LogP contribution < -0.4 is 20.4 Å². The van der Waals surface area contributed by atoms with Gasteiger partial charge in [0.05, 0.1) is 5.56 Å². The number of benzene rings is 1. The summed E-state index contributed by atoms with van der Waals surface area (Å²) in [5.74, 6) is 0.685. The minimum Gasteiger partial charge on any atom is -0.508 e. The first-order valence-corrected chi connectivity index (χ1v) is 9.23. The number of nitrogens with zero attached hydrogens (tertiary/aromatic N) is 1. The van der Waals surface area contributed by atoms with E-state index in [1.807, 2.05) is 4.90 Å². The molecule has 1 aliphatic rings. The fourth-order valence-electron chi connectivity index (χ4n) is 3.66. The van der Waals surface area contributed by atoms with Crippen LogP contribution in [0.2, 0.25) is 0 Å². The number of aromatic nitrogens is 1. The summed E-state index contributed by atoms with van der Waals surface area (Å²) in [6, 6.07) is 8.72. The molecule has 9 heteroatoms. The van der Waals surface area contributed by atoms with E-state index < -0.39 is 17.4 Å². The van der Waals surface area contributed by atoms with Crippen molar-refractivity contribution in [3.63, 3.8) is 0 Å². The van der Waals surface area contributed by atoms with Gasteiger partial charge in [-0.1, -0.05) is 0 Å². The van der Waals surface area contributed by atoms with Crippen LogP contribution in [0.4, 0.5) is 19.0 Å². The number of nitrogens with one attached hydrogen (secondary N) is 2. The van der Waals surface area contributed by atoms with E-state index >= 15 is 0 Å². The molecule has 152 valence electrons. The number of fused-ring (bicyclic) bond motifs is 1. The van der Waals surface area contributed by atoms with Crippen LogP contribution in [0.1, 0.15) is 11.1 Å². The third-order valence-corrected chi connectivity index (χ3v) is 5.19. The molecule has 2 aromatic heterocycles. The summed E-state index contributed by atoms with van der Waals surface area (Å²) in [7, 11) is 0. The van der Waals surface area contributed by atoms with Crippen LogP contribution >= 0.6 is 0 Å². The predicted molar refractivity (Wildman–Crippen MR) is 98.8 cm³/mol. The summed E-state index contributed by atoms with van der Waals surface area (Å²) in [6.45, 7) is 3.52. The van der Waals surface area contributed by atoms with E-state index in [0.717, 1.165) is 36.3 Å². The van der Waals surface area contributed by atoms with Gasteiger partial charge in [-0.15, -0.1) is 0 Å². The number of aromatic hydroxyl groups is 1. The van der Waals surface area contributed by atoms with Crippen molar-refractivity contribution >= 4 is 16.8 Å². The van der Waals surface area contributed by atoms with Gasteiger partial charge in [-0.25, -0.2) is 9.78 Å². The molecule has 3 heterocycles. The third-order valence-electron chi connectivity index (χ3n) is 5.19. The number of rotatable bonds is 3. The summed E-state index contributed by atoms with van der Waals surface area (Å²) in [6.07, 6.45) is -3.38. The van der Waals surface area contributed by atoms with Crippen molar-refractivity contribution in [2.24, 2.45) is 0 Å². The Morgan fingerprint density at radius 3 is 2.55 bits per heavy atom. The molecule has 3 N–H and O–H groups in total. The van der Waals surface area contributed by atoms with Crippen LogP contribution in [-0.2, 0) is 12.7 Å². The monoisotopic (exact) mass is 407 g/mol. The predicted octanol–water partition coefficient (Wildman–Crippen LogP) is 1.24. The van der Waals surface area contributed by atoms with Crippen LogP contribution in [0.5, 0.6) is 5.75 Å². The lowest BCUT2D eigenvalue weighted by Crippen LogP contribution is -3.13. The van der Waals surface area contributed by atoms with E-state index in [0.29, 0.717) is 31.0 Å². The number of hydrogen-bond acceptors (Lipinski definition) is 4. The molecule has 0 radical (unpaired) electrons. The highest BCUT2D eigenvalue weighted by molar-refractivity contribution is 5.81. The maximum atomic E-state index is 12.7. The van der Waals surface area contributed by atoms with Crippen LogP contribution in [0.15, 0.2) is 51.8 Å². The van der Waals surface area contributed by atoms with E-state index in [9.17, 15) is 23.1 Å². The smallest absolute Gasteiger partial charge is 0.419 e. The van der Waals surface area contributed by atoms with E-state index in [1.54, 1.807) is 12.1 Å². The number of quaternary nitrogens is 1. The second-order valence-corrected chi connectivity index (χ2v) is 7.15. The quantitative estimate of drug-likeness (QED) is 0.641. The average molecular weight is 407 g/mol. The highest BCUT2D eigenvalue weighted by Gasteiger charge is 2.33. The first-order valence-electron chi connectivity index (χ1n) is 9.23. The second kappa shape index (κ2) is 7.40. The number of phenolic OH excluding ortho intramolecular Hbond substituents is 1. The van der Waals surface area contributed by atoms with Crippen LogP contribution in [-0.4, -0.2) is 31.3 Å². The van der Waals surface area contributed by atoms with Crippen LogP contribution in [0.3, 0.4) is 0 Å². The topological polar surface area (TPSA) is 72.3 Å². The number of aromatic amines is 1. The van der Waals surface area contributed by atoms with Gasteiger partial charge in [0.1, 0.15) is 50.3 Å². The van der Waals surface area contributed by atoms with Gasteiger partial charge in [0.25, 0.3) is 5.82 Å². The summed E-state index contributed by atoms with van der Waals surface area (Å²) >= 11 is 0. The summed E-state index contributed by atoms with van der Waals surface area (Å²) in [5, 5.41) is 10.4. The third kappa shape index (κ3) is 4.19. The van der Waals surface area contributed by atoms with Gasteiger partial charge in [-0.2, -0.15) is 13.2 Å². The molecule has 6 nitrogen and oxygen atoms in total. The Morgan fingerprint density at radius 1 is 1.14 bits per heavy atom. The lowest BCUT2D eigenvalue weighted by atomic mass is 10.1. The van der Waals surface area contributed by atoms with Crippen molar-refractivity contribution in [2.75, 3.05) is 31.1 Å². The number of hydrogen-bond donors (Lipinski definition) is 2. The lowest BCUT2D eigenvalue weighted by Gasteiger charge is -2.28. The number of phenols is 1. The van der Waals surface area contributed by atoms with Crippen molar-refractivity contribution in [3.05, 3.63) is 64.1 Å². The number of alkyl halides is 3. The molecule has 1 aliphatic heterocycles. The Balaban J connectivity index is 1.44. The van der Waals surface area contributed by atoms with Crippen molar-refractivity contribution in [1.82, 2.24) is 0 Å². The molecule has 3 aromatic rings. The van der Waals surface area contributed by atoms with E-state index in [1.165, 1.54) is 23.1 Å². The standard InChI is InChI=1S/C20H18F3N3O3/c21-20(22,23)14-1-4-18(24-11-14)26-7-5-25(6-8-26)12-13-9-19(28)29-17-10-15(27)2-3-16(13)17/h1-4,9-11,27H,5-8,12H2/p+2. The Hall–Kier alpha value is -3.07. The number of H-pyrrole nitrogens is 1. The average Bonchev–Trinajstić information content (AvgIpc) is 2.67. The van der Waals surface area contributed by atoms with Crippen LogP contribution in [0.25, 0.3) is 11.0 Å². The molecule has 0 bridgehead atoms. The van der Waals surface area contributed by atoms with Crippen molar-refractivity contribution in [1.29, 1.82) is 0 Å². The Labute approximate surface area is 163 Å². The van der Waals surface area contributed by atoms with Crippen molar-refractivity contribution < 1.29 is 32.6 Å². The van der Waals surface area contributed by atoms with Gasteiger partial charge < -0.3 is 14.4 Å². The van der Waals surface area contributed by atoms with E-state index in [-0.39, 0.29) is 5.75 Å². The van der Waals surface area contributed by atoms with Gasteiger partial charge in [0.15, 0.2) is 0 Å². The van der Waals surface area contributed by atoms with Gasteiger partial charge >= 0.3 is 11.8 Å². The fourth-order valence-corrected chi connectivity index (χ4v) is 3.66. The first kappa shape index (κ1) is 19.3. The molecule has 0 atom stereocenters. The number of pyridine rings is 1. The molecular weight excluding hydrogens is 387 g/mol. The number of piperazine rings is 1. The molecule has 0 amide bonds.